The molecule has 0 radical (unpaired) electrons. The molecule has 0 aliphatic heterocycles. The van der Waals surface area contributed by atoms with Crippen LogP contribution in [0.5, 0.6) is 0 Å². The molecule has 0 bridgehead atoms. The first-order valence-electron chi connectivity index (χ1n) is 11.0. The Labute approximate surface area is 195 Å². The maximum absolute atomic E-state index is 12.6. The summed E-state index contributed by atoms with van der Waals surface area (Å²) in [6.45, 7) is 1.94. The Balaban J connectivity index is 1.25. The molecule has 34 heavy (non-hydrogen) atoms. The van der Waals surface area contributed by atoms with Gasteiger partial charge in [0.05, 0.1) is 24.3 Å². The van der Waals surface area contributed by atoms with E-state index in [2.05, 4.69) is 25.4 Å². The predicted octanol–water partition coefficient (Wildman–Crippen LogP) is 3.10. The van der Waals surface area contributed by atoms with Crippen LogP contribution in [-0.2, 0) is 11.2 Å². The molecule has 170 valence electrons. The summed E-state index contributed by atoms with van der Waals surface area (Å²) in [6.07, 6.45) is 7.36. The minimum atomic E-state index is -0.270. The molecule has 9 heteroatoms. The number of aromatic amines is 1. The van der Waals surface area contributed by atoms with Crippen molar-refractivity contribution < 1.29 is 4.79 Å². The topological polar surface area (TPSA) is 110 Å². The van der Waals surface area contributed by atoms with Crippen molar-refractivity contribution in [1.29, 1.82) is 0 Å². The number of nitrogens with zero attached hydrogens (tertiary/aromatic N) is 5. The molecule has 5 rings (SSSR count). The van der Waals surface area contributed by atoms with E-state index >= 15 is 0 Å². The lowest BCUT2D eigenvalue weighted by atomic mass is 10.1. The van der Waals surface area contributed by atoms with E-state index in [1.807, 2.05) is 72.3 Å². The van der Waals surface area contributed by atoms with Crippen LogP contribution < -0.4 is 10.9 Å². The number of carbonyl (C=O) groups excluding carboxylic acids is 1. The number of aromatic nitrogens is 6. The van der Waals surface area contributed by atoms with Gasteiger partial charge in [-0.25, -0.2) is 14.6 Å². The molecule has 3 aromatic heterocycles. The average Bonchev–Trinajstić information content (AvgIpc) is 3.54. The van der Waals surface area contributed by atoms with Gasteiger partial charge in [0.25, 0.3) is 5.56 Å². The molecule has 2 aromatic carbocycles. The third-order valence-corrected chi connectivity index (χ3v) is 5.65. The Morgan fingerprint density at radius 3 is 2.62 bits per heavy atom. The van der Waals surface area contributed by atoms with Crippen LogP contribution in [0.1, 0.15) is 30.8 Å². The summed E-state index contributed by atoms with van der Waals surface area (Å²) >= 11 is 0. The summed E-state index contributed by atoms with van der Waals surface area (Å²) in [6, 6.07) is 17.3. The molecule has 9 nitrogen and oxygen atoms in total. The second-order valence-electron chi connectivity index (χ2n) is 7.99. The highest BCUT2D eigenvalue weighted by atomic mass is 16.1. The molecule has 2 N–H and O–H groups in total. The summed E-state index contributed by atoms with van der Waals surface area (Å²) in [4.78, 5) is 36.5. The highest BCUT2D eigenvalue weighted by Crippen LogP contribution is 2.17. The lowest BCUT2D eigenvalue weighted by Crippen LogP contribution is -2.27. The first kappa shape index (κ1) is 21.3. The van der Waals surface area contributed by atoms with Gasteiger partial charge in [-0.15, -0.1) is 0 Å². The van der Waals surface area contributed by atoms with E-state index in [0.717, 1.165) is 16.9 Å². The third-order valence-electron chi connectivity index (χ3n) is 5.65. The second kappa shape index (κ2) is 9.14. The quantitative estimate of drug-likeness (QED) is 0.393. The van der Waals surface area contributed by atoms with Gasteiger partial charge in [-0.05, 0) is 36.8 Å². The number of benzene rings is 2. The molecule has 0 saturated carbocycles. The maximum Gasteiger partial charge on any atom is 0.262 e. The van der Waals surface area contributed by atoms with Crippen LogP contribution in [0.25, 0.3) is 22.4 Å². The normalized spacial score (nSPS) is 12.0. The Morgan fingerprint density at radius 2 is 1.88 bits per heavy atom. The largest absolute Gasteiger partial charge is 0.350 e. The highest BCUT2D eigenvalue weighted by Gasteiger charge is 2.14. The Bertz CT molecular complexity index is 1470. The van der Waals surface area contributed by atoms with Crippen molar-refractivity contribution in [3.63, 3.8) is 0 Å². The van der Waals surface area contributed by atoms with E-state index in [-0.39, 0.29) is 23.9 Å². The number of rotatable bonds is 7. The molecule has 5 aromatic rings. The van der Waals surface area contributed by atoms with Crippen molar-refractivity contribution in [3.8, 4) is 11.4 Å². The minimum Gasteiger partial charge on any atom is -0.350 e. The van der Waals surface area contributed by atoms with E-state index in [9.17, 15) is 9.59 Å². The van der Waals surface area contributed by atoms with Crippen LogP contribution in [0.2, 0.25) is 0 Å². The number of carbonyl (C=O) groups is 1. The Kier molecular flexibility index (Phi) is 5.73. The molecule has 0 aliphatic rings. The van der Waals surface area contributed by atoms with E-state index in [1.54, 1.807) is 17.2 Å². The highest BCUT2D eigenvalue weighted by molar-refractivity contribution is 5.77. The zero-order chi connectivity index (χ0) is 23.5. The molecule has 0 aliphatic carbocycles. The van der Waals surface area contributed by atoms with Gasteiger partial charge in [0.1, 0.15) is 11.2 Å². The summed E-state index contributed by atoms with van der Waals surface area (Å²) in [5.41, 5.74) is 3.01. The number of H-pyrrole nitrogens is 1. The minimum absolute atomic E-state index is 0.120. The molecule has 0 spiro atoms. The van der Waals surface area contributed by atoms with Crippen LogP contribution in [0.3, 0.4) is 0 Å². The molecule has 3 heterocycles. The van der Waals surface area contributed by atoms with Crippen LogP contribution in [0.15, 0.2) is 84.3 Å². The van der Waals surface area contributed by atoms with Gasteiger partial charge in [-0.2, -0.15) is 5.10 Å². The van der Waals surface area contributed by atoms with Gasteiger partial charge in [0.15, 0.2) is 5.65 Å². The predicted molar refractivity (Wildman–Crippen MR) is 128 cm³/mol. The van der Waals surface area contributed by atoms with Gasteiger partial charge in [0.2, 0.25) is 5.91 Å². The van der Waals surface area contributed by atoms with Crippen molar-refractivity contribution in [2.75, 3.05) is 0 Å². The standard InChI is InChI=1S/C25H23N7O2/c1-17(18-7-9-19(10-8-18)31-14-13-26-16-31)28-23(33)12-11-22-29-24-21(25(34)30-22)15-27-32(24)20-5-3-2-4-6-20/h2-10,13-17H,11-12H2,1H3,(H,28,33)(H,29,30,34)/t17-/m0/s1. The number of imidazole rings is 1. The van der Waals surface area contributed by atoms with Crippen LogP contribution in [0.4, 0.5) is 0 Å². The lowest BCUT2D eigenvalue weighted by Gasteiger charge is -2.15. The zero-order valence-electron chi connectivity index (χ0n) is 18.5. The monoisotopic (exact) mass is 453 g/mol. The molecule has 1 amide bonds. The van der Waals surface area contributed by atoms with E-state index in [4.69, 9.17) is 0 Å². The van der Waals surface area contributed by atoms with Gasteiger partial charge >= 0.3 is 0 Å². The summed E-state index contributed by atoms with van der Waals surface area (Å²) in [5, 5.41) is 7.72. The third kappa shape index (κ3) is 4.36. The van der Waals surface area contributed by atoms with E-state index in [1.165, 1.54) is 6.20 Å². The summed E-state index contributed by atoms with van der Waals surface area (Å²) in [5.74, 6) is 0.327. The zero-order valence-corrected chi connectivity index (χ0v) is 18.5. The van der Waals surface area contributed by atoms with E-state index < -0.39 is 0 Å². The van der Waals surface area contributed by atoms with Gasteiger partial charge in [-0.3, -0.25) is 9.59 Å². The number of nitrogens with one attached hydrogen (secondary N) is 2. The van der Waals surface area contributed by atoms with E-state index in [0.29, 0.717) is 23.3 Å². The fourth-order valence-corrected chi connectivity index (χ4v) is 3.82. The first-order chi connectivity index (χ1) is 16.6. The van der Waals surface area contributed by atoms with Crippen LogP contribution in [0, 0.1) is 0 Å². The summed E-state index contributed by atoms with van der Waals surface area (Å²) in [7, 11) is 0. The number of hydrogen-bond donors (Lipinski definition) is 2. The molecule has 0 unspecified atom stereocenters. The lowest BCUT2D eigenvalue weighted by molar-refractivity contribution is -0.121. The Morgan fingerprint density at radius 1 is 1.09 bits per heavy atom. The summed E-state index contributed by atoms with van der Waals surface area (Å²) < 4.78 is 3.55. The maximum atomic E-state index is 12.6. The van der Waals surface area contributed by atoms with Crippen molar-refractivity contribution in [1.82, 2.24) is 34.6 Å². The molecule has 0 saturated heterocycles. The second-order valence-corrected chi connectivity index (χ2v) is 7.99. The SMILES string of the molecule is C[C@H](NC(=O)CCc1nc2c(cnn2-c2ccccc2)c(=O)[nH]1)c1ccc(-n2ccnc2)cc1. The fraction of sp³-hybridized carbons (Fsp3) is 0.160. The average molecular weight is 454 g/mol. The molecular weight excluding hydrogens is 430 g/mol. The van der Waals surface area contributed by atoms with Gasteiger partial charge in [-0.1, -0.05) is 30.3 Å². The molecule has 0 fully saturated rings. The molecule has 1 atom stereocenters. The number of amides is 1. The number of para-hydroxylation sites is 1. The number of aryl methyl sites for hydroxylation is 1. The number of hydrogen-bond acceptors (Lipinski definition) is 5. The fourth-order valence-electron chi connectivity index (χ4n) is 3.82. The van der Waals surface area contributed by atoms with Crippen molar-refractivity contribution in [2.45, 2.75) is 25.8 Å². The smallest absolute Gasteiger partial charge is 0.262 e. The van der Waals surface area contributed by atoms with Crippen molar-refractivity contribution in [2.24, 2.45) is 0 Å². The van der Waals surface area contributed by atoms with Crippen LogP contribution in [-0.4, -0.2) is 35.2 Å². The first-order valence-corrected chi connectivity index (χ1v) is 11.0. The van der Waals surface area contributed by atoms with Crippen molar-refractivity contribution in [3.05, 3.63) is 101 Å². The van der Waals surface area contributed by atoms with Crippen LogP contribution >= 0.6 is 0 Å². The van der Waals surface area contributed by atoms with Gasteiger partial charge < -0.3 is 14.9 Å². The van der Waals surface area contributed by atoms with Crippen molar-refractivity contribution >= 4 is 16.9 Å². The number of fused-ring (bicyclic) bond motifs is 1. The molecular formula is C25H23N7O2. The Hall–Kier alpha value is -4.53. The van der Waals surface area contributed by atoms with Gasteiger partial charge in [0, 0.05) is 30.9 Å².